The maximum atomic E-state index is 4.58. The summed E-state index contributed by atoms with van der Waals surface area (Å²) in [4.78, 5) is 4.58. The van der Waals surface area contributed by atoms with Crippen LogP contribution in [-0.4, -0.2) is 11.5 Å². The van der Waals surface area contributed by atoms with Gasteiger partial charge in [-0.25, -0.2) is 4.98 Å². The Morgan fingerprint density at radius 1 is 1.42 bits per heavy atom. The predicted molar refractivity (Wildman–Crippen MR) is 91.3 cm³/mol. The minimum atomic E-state index is 0.318. The summed E-state index contributed by atoms with van der Waals surface area (Å²) in [6, 6.07) is 2.51. The van der Waals surface area contributed by atoms with Crippen molar-refractivity contribution in [2.75, 3.05) is 6.54 Å². The molecule has 0 saturated carbocycles. The van der Waals surface area contributed by atoms with Crippen LogP contribution in [-0.2, 0) is 6.42 Å². The van der Waals surface area contributed by atoms with Gasteiger partial charge in [0.2, 0.25) is 0 Å². The zero-order valence-corrected chi connectivity index (χ0v) is 15.7. The largest absolute Gasteiger partial charge is 0.310 e. The quantitative estimate of drug-likeness (QED) is 0.679. The van der Waals surface area contributed by atoms with E-state index in [1.54, 1.807) is 22.7 Å². The van der Waals surface area contributed by atoms with Crippen LogP contribution in [0.2, 0.25) is 0 Å². The molecule has 2 nitrogen and oxygen atoms in total. The molecule has 104 valence electrons. The van der Waals surface area contributed by atoms with Crippen LogP contribution in [0.3, 0.4) is 0 Å². The second-order valence-electron chi connectivity index (χ2n) is 4.35. The van der Waals surface area contributed by atoms with E-state index in [2.05, 4.69) is 67.5 Å². The molecule has 0 aliphatic rings. The highest BCUT2D eigenvalue weighted by Gasteiger charge is 2.18. The van der Waals surface area contributed by atoms with Crippen LogP contribution >= 0.6 is 54.5 Å². The molecule has 1 atom stereocenters. The molecule has 1 N–H and O–H groups in total. The number of rotatable bonds is 6. The van der Waals surface area contributed by atoms with Crippen molar-refractivity contribution in [2.45, 2.75) is 32.7 Å². The van der Waals surface area contributed by atoms with Crippen LogP contribution in [0, 0.1) is 6.92 Å². The maximum absolute atomic E-state index is 4.58. The van der Waals surface area contributed by atoms with Crippen LogP contribution < -0.4 is 5.32 Å². The van der Waals surface area contributed by atoms with Gasteiger partial charge in [-0.2, -0.15) is 0 Å². The van der Waals surface area contributed by atoms with Gasteiger partial charge in [0, 0.05) is 17.8 Å². The molecule has 2 aromatic heterocycles. The lowest BCUT2D eigenvalue weighted by atomic mass is 10.1. The average Bonchev–Trinajstić information content (AvgIpc) is 2.91. The van der Waals surface area contributed by atoms with Crippen molar-refractivity contribution in [3.63, 3.8) is 0 Å². The first-order valence-corrected chi connectivity index (χ1v) is 9.47. The van der Waals surface area contributed by atoms with Gasteiger partial charge in [-0.15, -0.1) is 22.7 Å². The van der Waals surface area contributed by atoms with E-state index in [9.17, 15) is 0 Å². The lowest BCUT2D eigenvalue weighted by molar-refractivity contribution is 0.525. The zero-order valence-electron chi connectivity index (χ0n) is 10.9. The summed E-state index contributed by atoms with van der Waals surface area (Å²) in [5, 5.41) is 6.91. The molecule has 2 aromatic rings. The Bertz CT molecular complexity index is 536. The smallest absolute Gasteiger partial charge is 0.0897 e. The zero-order chi connectivity index (χ0) is 13.8. The first kappa shape index (κ1) is 15.6. The number of aryl methyl sites for hydroxylation is 1. The van der Waals surface area contributed by atoms with Gasteiger partial charge in [0.05, 0.1) is 18.3 Å². The van der Waals surface area contributed by atoms with E-state index in [0.29, 0.717) is 6.04 Å². The number of thiazole rings is 1. The summed E-state index contributed by atoms with van der Waals surface area (Å²) in [5.74, 6) is 0. The highest BCUT2D eigenvalue weighted by atomic mass is 79.9. The van der Waals surface area contributed by atoms with Crippen LogP contribution in [0.1, 0.15) is 35.7 Å². The Morgan fingerprint density at radius 3 is 2.74 bits per heavy atom. The predicted octanol–water partition coefficient (Wildman–Crippen LogP) is 5.32. The summed E-state index contributed by atoms with van der Waals surface area (Å²) in [5.41, 5.74) is 2.49. The summed E-state index contributed by atoms with van der Waals surface area (Å²) >= 11 is 10.7. The second-order valence-corrected chi connectivity index (χ2v) is 9.16. The normalized spacial score (nSPS) is 12.8. The first-order valence-electron chi connectivity index (χ1n) is 6.19. The van der Waals surface area contributed by atoms with Crippen LogP contribution in [0.15, 0.2) is 19.0 Å². The highest BCUT2D eigenvalue weighted by molar-refractivity contribution is 9.12. The van der Waals surface area contributed by atoms with Crippen LogP contribution in [0.25, 0.3) is 0 Å². The Hall–Kier alpha value is 0.250. The van der Waals surface area contributed by atoms with Gasteiger partial charge in [-0.1, -0.05) is 6.92 Å². The van der Waals surface area contributed by atoms with E-state index in [0.717, 1.165) is 28.2 Å². The molecule has 0 amide bonds. The Kier molecular flexibility index (Phi) is 6.02. The SMILES string of the molecule is CCCNC(Cc1csc(C)n1)c1cc(Br)sc1Br. The Balaban J connectivity index is 2.18. The number of halogens is 2. The fourth-order valence-electron chi connectivity index (χ4n) is 1.91. The molecule has 19 heavy (non-hydrogen) atoms. The number of aromatic nitrogens is 1. The molecule has 0 spiro atoms. The van der Waals surface area contributed by atoms with E-state index in [-0.39, 0.29) is 0 Å². The number of thiophene rings is 1. The molecule has 1 unspecified atom stereocenters. The first-order chi connectivity index (χ1) is 9.10. The molecule has 2 heterocycles. The lowest BCUT2D eigenvalue weighted by Crippen LogP contribution is -2.24. The van der Waals surface area contributed by atoms with Gasteiger partial charge in [-0.3, -0.25) is 0 Å². The van der Waals surface area contributed by atoms with E-state index in [1.807, 2.05) is 0 Å². The standard InChI is InChI=1S/C13H16Br2N2S2/c1-3-4-16-11(5-9-7-18-8(2)17-9)10-6-12(14)19-13(10)15/h6-7,11,16H,3-5H2,1-2H3. The molecule has 0 aliphatic heterocycles. The fraction of sp³-hybridized carbons (Fsp3) is 0.462. The summed E-state index contributed by atoms with van der Waals surface area (Å²) < 4.78 is 2.35. The van der Waals surface area contributed by atoms with Gasteiger partial charge in [-0.05, 0) is 63.4 Å². The van der Waals surface area contributed by atoms with Gasteiger partial charge in [0.15, 0.2) is 0 Å². The molecule has 6 heteroatoms. The molecule has 0 aromatic carbocycles. The van der Waals surface area contributed by atoms with Crippen molar-refractivity contribution in [3.8, 4) is 0 Å². The lowest BCUT2D eigenvalue weighted by Gasteiger charge is -2.17. The molecule has 0 bridgehead atoms. The van der Waals surface area contributed by atoms with Crippen molar-refractivity contribution >= 4 is 54.5 Å². The molecule has 0 saturated heterocycles. The third-order valence-corrected chi connectivity index (χ3v) is 5.99. The summed E-state index contributed by atoms with van der Waals surface area (Å²) in [7, 11) is 0. The fourth-order valence-corrected chi connectivity index (χ4v) is 5.51. The van der Waals surface area contributed by atoms with Crippen molar-refractivity contribution in [1.29, 1.82) is 0 Å². The molecule has 0 fully saturated rings. The van der Waals surface area contributed by atoms with Crippen molar-refractivity contribution < 1.29 is 0 Å². The van der Waals surface area contributed by atoms with Gasteiger partial charge >= 0.3 is 0 Å². The highest BCUT2D eigenvalue weighted by Crippen LogP contribution is 2.36. The van der Waals surface area contributed by atoms with Crippen molar-refractivity contribution in [2.24, 2.45) is 0 Å². The van der Waals surface area contributed by atoms with Crippen molar-refractivity contribution in [1.82, 2.24) is 10.3 Å². The van der Waals surface area contributed by atoms with Gasteiger partial charge in [0.1, 0.15) is 0 Å². The van der Waals surface area contributed by atoms with Crippen LogP contribution in [0.4, 0.5) is 0 Å². The summed E-state index contributed by atoms with van der Waals surface area (Å²) in [6.07, 6.45) is 2.07. The van der Waals surface area contributed by atoms with E-state index in [1.165, 1.54) is 15.0 Å². The molecular weight excluding hydrogens is 408 g/mol. The van der Waals surface area contributed by atoms with Crippen LogP contribution in [0.5, 0.6) is 0 Å². The van der Waals surface area contributed by atoms with Gasteiger partial charge < -0.3 is 5.32 Å². The molecule has 0 aliphatic carbocycles. The monoisotopic (exact) mass is 422 g/mol. The van der Waals surface area contributed by atoms with Crippen molar-refractivity contribution in [3.05, 3.63) is 35.3 Å². The number of hydrogen-bond acceptors (Lipinski definition) is 4. The average molecular weight is 424 g/mol. The van der Waals surface area contributed by atoms with E-state index < -0.39 is 0 Å². The van der Waals surface area contributed by atoms with Gasteiger partial charge in [0.25, 0.3) is 0 Å². The maximum Gasteiger partial charge on any atom is 0.0897 e. The topological polar surface area (TPSA) is 24.9 Å². The number of nitrogens with one attached hydrogen (secondary N) is 1. The third kappa shape index (κ3) is 4.36. The number of hydrogen-bond donors (Lipinski definition) is 1. The minimum Gasteiger partial charge on any atom is -0.310 e. The molecular formula is C13H16Br2N2S2. The van der Waals surface area contributed by atoms with E-state index >= 15 is 0 Å². The molecule has 0 radical (unpaired) electrons. The second kappa shape index (κ2) is 7.31. The Labute approximate surface area is 138 Å². The number of nitrogens with zero attached hydrogens (tertiary/aromatic N) is 1. The van der Waals surface area contributed by atoms with E-state index in [4.69, 9.17) is 0 Å². The third-order valence-electron chi connectivity index (χ3n) is 2.78. The molecule has 2 rings (SSSR count). The summed E-state index contributed by atoms with van der Waals surface area (Å²) in [6.45, 7) is 5.27. The minimum absolute atomic E-state index is 0.318. The Morgan fingerprint density at radius 2 is 2.21 bits per heavy atom.